The molecule has 0 spiro atoms. The highest BCUT2D eigenvalue weighted by molar-refractivity contribution is 7.50. The predicted octanol–water partition coefficient (Wildman–Crippen LogP) is -0.198. The number of hydrogen-bond acceptors (Lipinski definition) is 5. The lowest BCUT2D eigenvalue weighted by Gasteiger charge is -2.07. The highest BCUT2D eigenvalue weighted by atomic mass is 31.2. The third-order valence-corrected chi connectivity index (χ3v) is 3.24. The Kier molecular flexibility index (Phi) is 3.30. The van der Waals surface area contributed by atoms with Gasteiger partial charge in [0.15, 0.2) is 0 Å². The van der Waals surface area contributed by atoms with Crippen LogP contribution in [0.1, 0.15) is 5.56 Å². The zero-order valence-electron chi connectivity index (χ0n) is 9.69. The molecule has 0 aliphatic carbocycles. The molecule has 1 heterocycles. The van der Waals surface area contributed by atoms with Crippen molar-refractivity contribution in [2.45, 2.75) is 6.16 Å². The Hall–Kier alpha value is -2.29. The van der Waals surface area contributed by atoms with Gasteiger partial charge < -0.3 is 19.8 Å². The van der Waals surface area contributed by atoms with E-state index in [9.17, 15) is 24.3 Å². The average Bonchev–Trinajstić information content (AvgIpc) is 2.29. The highest BCUT2D eigenvalue weighted by Crippen LogP contribution is 2.41. The van der Waals surface area contributed by atoms with Crippen molar-refractivity contribution in [3.63, 3.8) is 0 Å². The molecule has 0 radical (unpaired) electrons. The maximum absolute atomic E-state index is 11.2. The van der Waals surface area contributed by atoms with E-state index in [0.717, 1.165) is 12.1 Å². The van der Waals surface area contributed by atoms with Gasteiger partial charge in [-0.05, 0) is 5.56 Å². The molecule has 2 rings (SSSR count). The van der Waals surface area contributed by atoms with E-state index in [2.05, 4.69) is 9.97 Å². The summed E-state index contributed by atoms with van der Waals surface area (Å²) < 4.78 is 11.0. The van der Waals surface area contributed by atoms with Gasteiger partial charge in [-0.3, -0.25) is 24.3 Å². The maximum Gasteiger partial charge on any atom is 0.329 e. The van der Waals surface area contributed by atoms with E-state index in [1.807, 2.05) is 0 Å². The summed E-state index contributed by atoms with van der Waals surface area (Å²) in [6, 6.07) is 1.94. The fourth-order valence-electron chi connectivity index (χ4n) is 1.73. The Morgan fingerprint density at radius 3 is 2.35 bits per heavy atom. The van der Waals surface area contributed by atoms with Crippen LogP contribution in [0, 0.1) is 10.1 Å². The van der Waals surface area contributed by atoms with E-state index in [1.54, 1.807) is 0 Å². The van der Waals surface area contributed by atoms with Crippen LogP contribution in [-0.4, -0.2) is 24.7 Å². The van der Waals surface area contributed by atoms with Crippen molar-refractivity contribution >= 4 is 24.3 Å². The van der Waals surface area contributed by atoms with Gasteiger partial charge in [-0.2, -0.15) is 0 Å². The van der Waals surface area contributed by atoms with Gasteiger partial charge in [-0.15, -0.1) is 0 Å². The normalized spacial score (nSPS) is 11.7. The first-order valence-corrected chi connectivity index (χ1v) is 6.95. The summed E-state index contributed by atoms with van der Waals surface area (Å²) in [5.74, 6) is 0. The van der Waals surface area contributed by atoms with Crippen LogP contribution >= 0.6 is 7.60 Å². The Morgan fingerprint density at radius 1 is 1.20 bits per heavy atom. The van der Waals surface area contributed by atoms with Gasteiger partial charge in [0.05, 0.1) is 22.1 Å². The molecule has 0 aliphatic rings. The maximum atomic E-state index is 11.2. The molecule has 4 N–H and O–H groups in total. The standard InChI is InChI=1S/C9H8N3O7P/c13-8-9(14)11-7-4(3-20(17,18)19)1-5(12(15)16)2-6(7)10-8/h1-2H,3H2,(H,10,13)(H,11,14)(H2,17,18,19). The summed E-state index contributed by atoms with van der Waals surface area (Å²) in [5.41, 5.74) is -2.74. The van der Waals surface area contributed by atoms with Crippen LogP contribution < -0.4 is 11.1 Å². The molecule has 0 fully saturated rings. The summed E-state index contributed by atoms with van der Waals surface area (Å²) in [4.78, 5) is 54.6. The molecule has 0 unspecified atom stereocenters. The molecule has 1 aromatic heterocycles. The lowest BCUT2D eigenvalue weighted by atomic mass is 10.1. The number of nitrogens with zero attached hydrogens (tertiary/aromatic N) is 1. The number of hydrogen-bond donors (Lipinski definition) is 4. The molecule has 20 heavy (non-hydrogen) atoms. The molecule has 0 aliphatic heterocycles. The summed E-state index contributed by atoms with van der Waals surface area (Å²) >= 11 is 0. The molecular formula is C9H8N3O7P. The van der Waals surface area contributed by atoms with Crippen molar-refractivity contribution in [1.82, 2.24) is 9.97 Å². The molecule has 0 amide bonds. The highest BCUT2D eigenvalue weighted by Gasteiger charge is 2.20. The Labute approximate surface area is 109 Å². The van der Waals surface area contributed by atoms with E-state index >= 15 is 0 Å². The van der Waals surface area contributed by atoms with Crippen LogP contribution in [0.15, 0.2) is 21.7 Å². The van der Waals surface area contributed by atoms with Crippen LogP contribution in [0.4, 0.5) is 5.69 Å². The monoisotopic (exact) mass is 301 g/mol. The Morgan fingerprint density at radius 2 is 1.80 bits per heavy atom. The van der Waals surface area contributed by atoms with Crippen molar-refractivity contribution < 1.29 is 19.3 Å². The largest absolute Gasteiger partial charge is 0.329 e. The van der Waals surface area contributed by atoms with Gasteiger partial charge >= 0.3 is 18.7 Å². The number of nitro benzene ring substituents is 1. The van der Waals surface area contributed by atoms with Crippen molar-refractivity contribution in [2.24, 2.45) is 0 Å². The number of fused-ring (bicyclic) bond motifs is 1. The Balaban J connectivity index is 2.84. The smallest absolute Gasteiger partial charge is 0.324 e. The molecule has 2 aromatic rings. The number of non-ortho nitro benzene ring substituents is 1. The van der Waals surface area contributed by atoms with E-state index in [1.165, 1.54) is 0 Å². The molecule has 0 atom stereocenters. The first-order chi connectivity index (χ1) is 9.17. The van der Waals surface area contributed by atoms with E-state index < -0.39 is 35.5 Å². The predicted molar refractivity (Wildman–Crippen MR) is 67.6 cm³/mol. The minimum absolute atomic E-state index is 0.0523. The number of rotatable bonds is 3. The average molecular weight is 301 g/mol. The fourth-order valence-corrected chi connectivity index (χ4v) is 2.43. The fraction of sp³-hybridized carbons (Fsp3) is 0.111. The van der Waals surface area contributed by atoms with E-state index in [4.69, 9.17) is 9.79 Å². The SMILES string of the molecule is O=c1[nH]c2cc([N+](=O)[O-])cc(CP(=O)(O)O)c2[nH]c1=O. The lowest BCUT2D eigenvalue weighted by Crippen LogP contribution is -2.29. The molecule has 0 saturated heterocycles. The van der Waals surface area contributed by atoms with Crippen molar-refractivity contribution in [1.29, 1.82) is 0 Å². The van der Waals surface area contributed by atoms with Gasteiger partial charge in [0.1, 0.15) is 0 Å². The van der Waals surface area contributed by atoms with Crippen molar-refractivity contribution in [3.05, 3.63) is 48.5 Å². The molecular weight excluding hydrogens is 293 g/mol. The molecule has 11 heteroatoms. The number of benzene rings is 1. The Bertz CT molecular complexity index is 862. The molecule has 0 bridgehead atoms. The molecule has 106 valence electrons. The van der Waals surface area contributed by atoms with Crippen molar-refractivity contribution in [3.8, 4) is 0 Å². The van der Waals surface area contributed by atoms with Gasteiger partial charge in [0, 0.05) is 12.1 Å². The first kappa shape index (κ1) is 14.1. The minimum Gasteiger partial charge on any atom is -0.324 e. The van der Waals surface area contributed by atoms with Crippen molar-refractivity contribution in [2.75, 3.05) is 0 Å². The summed E-state index contributed by atoms with van der Waals surface area (Å²) in [7, 11) is -4.51. The van der Waals surface area contributed by atoms with Gasteiger partial charge in [0.2, 0.25) is 0 Å². The zero-order valence-corrected chi connectivity index (χ0v) is 10.6. The number of aromatic amines is 2. The van der Waals surface area contributed by atoms with Gasteiger partial charge in [-0.25, -0.2) is 0 Å². The van der Waals surface area contributed by atoms with E-state index in [0.29, 0.717) is 0 Å². The topological polar surface area (TPSA) is 166 Å². The summed E-state index contributed by atoms with van der Waals surface area (Å²) in [5, 5.41) is 10.8. The van der Waals surface area contributed by atoms with Crippen LogP contribution in [-0.2, 0) is 10.7 Å². The van der Waals surface area contributed by atoms with Crippen LogP contribution in [0.3, 0.4) is 0 Å². The second-order valence-electron chi connectivity index (χ2n) is 4.02. The number of nitro groups is 1. The molecule has 0 saturated carbocycles. The minimum atomic E-state index is -4.51. The first-order valence-electron chi connectivity index (χ1n) is 5.15. The second kappa shape index (κ2) is 4.67. The van der Waals surface area contributed by atoms with E-state index in [-0.39, 0.29) is 16.6 Å². The van der Waals surface area contributed by atoms with Gasteiger partial charge in [0.25, 0.3) is 5.69 Å². The lowest BCUT2D eigenvalue weighted by molar-refractivity contribution is -0.384. The summed E-state index contributed by atoms with van der Waals surface area (Å²) in [6.45, 7) is 0. The van der Waals surface area contributed by atoms with Gasteiger partial charge in [-0.1, -0.05) is 0 Å². The number of nitrogens with one attached hydrogen (secondary N) is 2. The molecule has 1 aromatic carbocycles. The van der Waals surface area contributed by atoms with Crippen LogP contribution in [0.2, 0.25) is 0 Å². The third kappa shape index (κ3) is 2.82. The number of H-pyrrole nitrogens is 2. The third-order valence-electron chi connectivity index (χ3n) is 2.48. The quantitative estimate of drug-likeness (QED) is 0.263. The van der Waals surface area contributed by atoms with Crippen LogP contribution in [0.5, 0.6) is 0 Å². The molecule has 10 nitrogen and oxygen atoms in total. The van der Waals surface area contributed by atoms with Crippen LogP contribution in [0.25, 0.3) is 11.0 Å². The number of aromatic nitrogens is 2. The zero-order chi connectivity index (χ0) is 15.1. The second-order valence-corrected chi connectivity index (χ2v) is 5.66. The summed E-state index contributed by atoms with van der Waals surface area (Å²) in [6.07, 6.45) is -0.798.